The Hall–Kier alpha value is -1.96. The Bertz CT molecular complexity index is 491. The number of rotatable bonds is 3. The maximum absolute atomic E-state index is 10.9. The summed E-state index contributed by atoms with van der Waals surface area (Å²) in [4.78, 5) is 15.2. The van der Waals surface area contributed by atoms with E-state index in [0.717, 1.165) is 29.5 Å². The number of nitrogens with zero attached hydrogens (tertiary/aromatic N) is 1. The van der Waals surface area contributed by atoms with E-state index < -0.39 is 0 Å². The molecular formula is C14H13NO. The van der Waals surface area contributed by atoms with Crippen molar-refractivity contribution in [1.82, 2.24) is 4.98 Å². The molecule has 0 bridgehead atoms. The molecule has 0 aliphatic rings. The summed E-state index contributed by atoms with van der Waals surface area (Å²) in [5.41, 5.74) is 3.61. The second-order valence-corrected chi connectivity index (χ2v) is 3.60. The van der Waals surface area contributed by atoms with Crippen molar-refractivity contribution >= 4 is 6.29 Å². The van der Waals surface area contributed by atoms with E-state index in [0.29, 0.717) is 5.56 Å². The second kappa shape index (κ2) is 4.71. The van der Waals surface area contributed by atoms with E-state index in [1.54, 1.807) is 0 Å². The van der Waals surface area contributed by atoms with Crippen LogP contribution < -0.4 is 0 Å². The summed E-state index contributed by atoms with van der Waals surface area (Å²) in [6, 6.07) is 11.8. The fourth-order valence-corrected chi connectivity index (χ4v) is 1.70. The zero-order chi connectivity index (χ0) is 11.4. The average Bonchev–Trinajstić information content (AvgIpc) is 2.39. The van der Waals surface area contributed by atoms with E-state index in [-0.39, 0.29) is 0 Å². The predicted octanol–water partition coefficient (Wildman–Crippen LogP) is 3.12. The van der Waals surface area contributed by atoms with Gasteiger partial charge in [-0.2, -0.15) is 0 Å². The van der Waals surface area contributed by atoms with Gasteiger partial charge in [0.25, 0.3) is 0 Å². The number of pyridine rings is 1. The molecule has 0 spiro atoms. The standard InChI is InChI=1S/C14H13NO/c1-2-14-13(10-16)8-12(9-15-14)11-6-4-3-5-7-11/h3-10H,2H2,1H3. The smallest absolute Gasteiger partial charge is 0.151 e. The van der Waals surface area contributed by atoms with Crippen molar-refractivity contribution in [2.45, 2.75) is 13.3 Å². The van der Waals surface area contributed by atoms with Crippen molar-refractivity contribution in [3.63, 3.8) is 0 Å². The first-order chi connectivity index (χ1) is 7.85. The summed E-state index contributed by atoms with van der Waals surface area (Å²) in [7, 11) is 0. The molecule has 1 aromatic carbocycles. The Morgan fingerprint density at radius 3 is 2.56 bits per heavy atom. The first-order valence-electron chi connectivity index (χ1n) is 5.34. The number of hydrogen-bond donors (Lipinski definition) is 0. The number of carbonyl (C=O) groups is 1. The maximum Gasteiger partial charge on any atom is 0.151 e. The highest BCUT2D eigenvalue weighted by atomic mass is 16.1. The molecule has 0 radical (unpaired) electrons. The van der Waals surface area contributed by atoms with Crippen LogP contribution in [0.15, 0.2) is 42.6 Å². The van der Waals surface area contributed by atoms with E-state index >= 15 is 0 Å². The maximum atomic E-state index is 10.9. The minimum atomic E-state index is 0.684. The molecular weight excluding hydrogens is 198 g/mol. The van der Waals surface area contributed by atoms with Gasteiger partial charge in [0.05, 0.1) is 5.69 Å². The zero-order valence-corrected chi connectivity index (χ0v) is 9.18. The molecule has 2 aromatic rings. The normalized spacial score (nSPS) is 10.1. The van der Waals surface area contributed by atoms with Crippen LogP contribution in [0.5, 0.6) is 0 Å². The number of aryl methyl sites for hydroxylation is 1. The molecule has 0 amide bonds. The lowest BCUT2D eigenvalue weighted by Gasteiger charge is -2.05. The summed E-state index contributed by atoms with van der Waals surface area (Å²) in [6.45, 7) is 2.00. The van der Waals surface area contributed by atoms with Crippen molar-refractivity contribution in [1.29, 1.82) is 0 Å². The molecule has 0 saturated carbocycles. The summed E-state index contributed by atoms with van der Waals surface area (Å²) in [5.74, 6) is 0. The number of aromatic nitrogens is 1. The molecule has 2 rings (SSSR count). The van der Waals surface area contributed by atoms with Gasteiger partial charge in [0.15, 0.2) is 6.29 Å². The monoisotopic (exact) mass is 211 g/mol. The molecule has 1 aromatic heterocycles. The van der Waals surface area contributed by atoms with Gasteiger partial charge < -0.3 is 0 Å². The largest absolute Gasteiger partial charge is 0.298 e. The van der Waals surface area contributed by atoms with Crippen molar-refractivity contribution in [3.05, 3.63) is 53.9 Å². The number of carbonyl (C=O) groups excluding carboxylic acids is 1. The third kappa shape index (κ3) is 2.01. The van der Waals surface area contributed by atoms with Crippen LogP contribution in [0.4, 0.5) is 0 Å². The predicted molar refractivity (Wildman–Crippen MR) is 64.4 cm³/mol. The molecule has 80 valence electrons. The van der Waals surface area contributed by atoms with Gasteiger partial charge in [0.1, 0.15) is 0 Å². The minimum Gasteiger partial charge on any atom is -0.298 e. The quantitative estimate of drug-likeness (QED) is 0.730. The van der Waals surface area contributed by atoms with E-state index in [4.69, 9.17) is 0 Å². The van der Waals surface area contributed by atoms with Crippen LogP contribution >= 0.6 is 0 Å². The molecule has 2 nitrogen and oxygen atoms in total. The summed E-state index contributed by atoms with van der Waals surface area (Å²) in [5, 5.41) is 0. The fraction of sp³-hybridized carbons (Fsp3) is 0.143. The molecule has 0 N–H and O–H groups in total. The highest BCUT2D eigenvalue weighted by Crippen LogP contribution is 2.20. The highest BCUT2D eigenvalue weighted by molar-refractivity contribution is 5.79. The van der Waals surface area contributed by atoms with Crippen LogP contribution in [-0.4, -0.2) is 11.3 Å². The Labute approximate surface area is 95.0 Å². The second-order valence-electron chi connectivity index (χ2n) is 3.60. The van der Waals surface area contributed by atoms with Crippen LogP contribution in [0.1, 0.15) is 23.0 Å². The number of benzene rings is 1. The summed E-state index contributed by atoms with van der Waals surface area (Å²) < 4.78 is 0. The van der Waals surface area contributed by atoms with Crippen molar-refractivity contribution < 1.29 is 4.79 Å². The highest BCUT2D eigenvalue weighted by Gasteiger charge is 2.04. The van der Waals surface area contributed by atoms with Crippen LogP contribution in [0.2, 0.25) is 0 Å². The molecule has 1 heterocycles. The van der Waals surface area contributed by atoms with Crippen LogP contribution in [0, 0.1) is 0 Å². The lowest BCUT2D eigenvalue weighted by molar-refractivity contribution is 0.112. The third-order valence-corrected chi connectivity index (χ3v) is 2.57. The van der Waals surface area contributed by atoms with Gasteiger partial charge in [-0.3, -0.25) is 9.78 Å². The lowest BCUT2D eigenvalue weighted by atomic mass is 10.0. The molecule has 2 heteroatoms. The first kappa shape index (κ1) is 10.6. The van der Waals surface area contributed by atoms with E-state index in [9.17, 15) is 4.79 Å². The Morgan fingerprint density at radius 2 is 1.94 bits per heavy atom. The third-order valence-electron chi connectivity index (χ3n) is 2.57. The average molecular weight is 211 g/mol. The van der Waals surface area contributed by atoms with Crippen LogP contribution in [-0.2, 0) is 6.42 Å². The molecule has 0 atom stereocenters. The Kier molecular flexibility index (Phi) is 3.10. The van der Waals surface area contributed by atoms with Gasteiger partial charge in [-0.1, -0.05) is 37.3 Å². The molecule has 0 fully saturated rings. The fourth-order valence-electron chi connectivity index (χ4n) is 1.70. The summed E-state index contributed by atoms with van der Waals surface area (Å²) in [6.07, 6.45) is 3.47. The van der Waals surface area contributed by atoms with E-state index in [1.807, 2.05) is 49.5 Å². The number of hydrogen-bond acceptors (Lipinski definition) is 2. The van der Waals surface area contributed by atoms with Crippen LogP contribution in [0.25, 0.3) is 11.1 Å². The van der Waals surface area contributed by atoms with Crippen molar-refractivity contribution in [2.24, 2.45) is 0 Å². The lowest BCUT2D eigenvalue weighted by Crippen LogP contribution is -1.95. The van der Waals surface area contributed by atoms with E-state index in [2.05, 4.69) is 4.98 Å². The van der Waals surface area contributed by atoms with Gasteiger partial charge in [0, 0.05) is 17.3 Å². The number of aldehydes is 1. The molecule has 0 aliphatic carbocycles. The van der Waals surface area contributed by atoms with Gasteiger partial charge >= 0.3 is 0 Å². The topological polar surface area (TPSA) is 30.0 Å². The minimum absolute atomic E-state index is 0.684. The summed E-state index contributed by atoms with van der Waals surface area (Å²) >= 11 is 0. The van der Waals surface area contributed by atoms with Gasteiger partial charge in [-0.05, 0) is 18.1 Å². The van der Waals surface area contributed by atoms with Crippen molar-refractivity contribution in [3.8, 4) is 11.1 Å². The van der Waals surface area contributed by atoms with Gasteiger partial charge in [-0.15, -0.1) is 0 Å². The zero-order valence-electron chi connectivity index (χ0n) is 9.18. The first-order valence-corrected chi connectivity index (χ1v) is 5.34. The van der Waals surface area contributed by atoms with Gasteiger partial charge in [0.2, 0.25) is 0 Å². The Morgan fingerprint density at radius 1 is 1.19 bits per heavy atom. The van der Waals surface area contributed by atoms with Crippen LogP contribution in [0.3, 0.4) is 0 Å². The molecule has 16 heavy (non-hydrogen) atoms. The van der Waals surface area contributed by atoms with Crippen molar-refractivity contribution in [2.75, 3.05) is 0 Å². The Balaban J connectivity index is 2.48. The SMILES string of the molecule is CCc1ncc(-c2ccccc2)cc1C=O. The molecule has 0 unspecified atom stereocenters. The molecule has 0 saturated heterocycles. The van der Waals surface area contributed by atoms with Gasteiger partial charge in [-0.25, -0.2) is 0 Å². The molecule has 0 aliphatic heterocycles. The van der Waals surface area contributed by atoms with E-state index in [1.165, 1.54) is 0 Å².